The predicted molar refractivity (Wildman–Crippen MR) is 90.0 cm³/mol. The molecule has 0 radical (unpaired) electrons. The maximum absolute atomic E-state index is 12.3. The van der Waals surface area contributed by atoms with Crippen LogP contribution in [0.15, 0.2) is 53.0 Å². The van der Waals surface area contributed by atoms with Gasteiger partial charge >= 0.3 is 5.97 Å². The molecule has 2 aromatic rings. The second-order valence-corrected chi connectivity index (χ2v) is 6.24. The average Bonchev–Trinajstić information content (AvgIpc) is 2.59. The van der Waals surface area contributed by atoms with E-state index in [0.717, 1.165) is 12.0 Å². The molecule has 1 amide bonds. The lowest BCUT2D eigenvalue weighted by Gasteiger charge is -2.28. The Morgan fingerprint density at radius 2 is 1.74 bits per heavy atom. The van der Waals surface area contributed by atoms with Crippen molar-refractivity contribution in [3.63, 3.8) is 0 Å². The van der Waals surface area contributed by atoms with Crippen molar-refractivity contribution >= 4 is 27.8 Å². The number of esters is 1. The number of benzene rings is 2. The highest BCUT2D eigenvalue weighted by atomic mass is 79.9. The molecule has 0 N–H and O–H groups in total. The maximum Gasteiger partial charge on any atom is 0.339 e. The van der Waals surface area contributed by atoms with Gasteiger partial charge in [0, 0.05) is 17.6 Å². The summed E-state index contributed by atoms with van der Waals surface area (Å²) >= 11 is 3.30. The van der Waals surface area contributed by atoms with Crippen LogP contribution in [0.25, 0.3) is 0 Å². The fourth-order valence-corrected chi connectivity index (χ4v) is 3.08. The van der Waals surface area contributed by atoms with Crippen molar-refractivity contribution in [2.45, 2.75) is 13.0 Å². The van der Waals surface area contributed by atoms with Crippen LogP contribution < -0.4 is 0 Å². The summed E-state index contributed by atoms with van der Waals surface area (Å²) in [5, 5.41) is 0. The van der Waals surface area contributed by atoms with Gasteiger partial charge in [-0.05, 0) is 45.6 Å². The van der Waals surface area contributed by atoms with Crippen molar-refractivity contribution in [3.8, 4) is 0 Å². The van der Waals surface area contributed by atoms with E-state index in [4.69, 9.17) is 4.74 Å². The highest BCUT2D eigenvalue weighted by molar-refractivity contribution is 9.10. The van der Waals surface area contributed by atoms with Gasteiger partial charge in [-0.25, -0.2) is 4.79 Å². The first-order chi connectivity index (χ1) is 11.1. The zero-order valence-corrected chi connectivity index (χ0v) is 14.1. The topological polar surface area (TPSA) is 46.6 Å². The van der Waals surface area contributed by atoms with E-state index in [-0.39, 0.29) is 12.5 Å². The third kappa shape index (κ3) is 3.62. The predicted octanol–water partition coefficient (Wildman–Crippen LogP) is 3.19. The van der Waals surface area contributed by atoms with Gasteiger partial charge in [0.15, 0.2) is 6.61 Å². The van der Waals surface area contributed by atoms with Crippen molar-refractivity contribution in [1.29, 1.82) is 0 Å². The molecule has 118 valence electrons. The Hall–Kier alpha value is -2.14. The second-order valence-electron chi connectivity index (χ2n) is 5.39. The van der Waals surface area contributed by atoms with Crippen LogP contribution in [0.2, 0.25) is 0 Å². The van der Waals surface area contributed by atoms with Crippen molar-refractivity contribution in [1.82, 2.24) is 4.90 Å². The first-order valence-electron chi connectivity index (χ1n) is 7.41. The molecular formula is C18H16BrNO3. The summed E-state index contributed by atoms with van der Waals surface area (Å²) in [6.07, 6.45) is 0.833. The number of hydrogen-bond donors (Lipinski definition) is 0. The van der Waals surface area contributed by atoms with Crippen LogP contribution in [-0.2, 0) is 22.5 Å². The molecule has 0 spiro atoms. The van der Waals surface area contributed by atoms with Crippen LogP contribution in [0.4, 0.5) is 0 Å². The van der Waals surface area contributed by atoms with E-state index < -0.39 is 5.97 Å². The van der Waals surface area contributed by atoms with Crippen molar-refractivity contribution in [2.75, 3.05) is 13.2 Å². The van der Waals surface area contributed by atoms with Crippen LogP contribution in [0.5, 0.6) is 0 Å². The molecule has 1 aliphatic rings. The van der Waals surface area contributed by atoms with Crippen LogP contribution >= 0.6 is 15.9 Å². The number of rotatable bonds is 3. The number of nitrogens with zero attached hydrogens (tertiary/aromatic N) is 1. The summed E-state index contributed by atoms with van der Waals surface area (Å²) in [7, 11) is 0. The summed E-state index contributed by atoms with van der Waals surface area (Å²) in [6, 6.07) is 15.1. The van der Waals surface area contributed by atoms with Gasteiger partial charge in [0.25, 0.3) is 5.91 Å². The monoisotopic (exact) mass is 373 g/mol. The molecule has 1 heterocycles. The zero-order chi connectivity index (χ0) is 16.2. The van der Waals surface area contributed by atoms with Crippen LogP contribution in [0.1, 0.15) is 21.5 Å². The Balaban J connectivity index is 1.58. The van der Waals surface area contributed by atoms with E-state index in [1.54, 1.807) is 23.1 Å². The summed E-state index contributed by atoms with van der Waals surface area (Å²) in [5.74, 6) is -0.664. The fraction of sp³-hybridized carbons (Fsp3) is 0.222. The van der Waals surface area contributed by atoms with E-state index in [9.17, 15) is 9.59 Å². The molecule has 0 aromatic heterocycles. The van der Waals surface area contributed by atoms with Gasteiger partial charge in [-0.15, -0.1) is 0 Å². The van der Waals surface area contributed by atoms with Gasteiger partial charge in [-0.1, -0.05) is 36.4 Å². The molecule has 0 saturated heterocycles. The van der Waals surface area contributed by atoms with E-state index in [1.807, 2.05) is 24.3 Å². The number of ether oxygens (including phenoxy) is 1. The van der Waals surface area contributed by atoms with E-state index in [2.05, 4.69) is 22.0 Å². The summed E-state index contributed by atoms with van der Waals surface area (Å²) in [5.41, 5.74) is 2.86. The third-order valence-corrected chi connectivity index (χ3v) is 4.60. The Kier molecular flexibility index (Phi) is 4.76. The molecule has 5 heteroatoms. The lowest BCUT2D eigenvalue weighted by Crippen LogP contribution is -2.38. The summed E-state index contributed by atoms with van der Waals surface area (Å²) in [4.78, 5) is 26.0. The first-order valence-corrected chi connectivity index (χ1v) is 8.20. The SMILES string of the molecule is O=C(OCC(=O)N1CCc2ccccc2C1)c1ccccc1Br. The van der Waals surface area contributed by atoms with Gasteiger partial charge in [0.1, 0.15) is 0 Å². The Morgan fingerprint density at radius 1 is 1.04 bits per heavy atom. The largest absolute Gasteiger partial charge is 0.452 e. The molecule has 0 aliphatic carbocycles. The van der Waals surface area contributed by atoms with Crippen LogP contribution in [-0.4, -0.2) is 29.9 Å². The van der Waals surface area contributed by atoms with Crippen LogP contribution in [0.3, 0.4) is 0 Å². The third-order valence-electron chi connectivity index (χ3n) is 3.90. The van der Waals surface area contributed by atoms with Gasteiger partial charge in [-0.3, -0.25) is 4.79 Å². The standard InChI is InChI=1S/C18H16BrNO3/c19-16-8-4-3-7-15(16)18(22)23-12-17(21)20-10-9-13-5-1-2-6-14(13)11-20/h1-8H,9-12H2. The van der Waals surface area contributed by atoms with Gasteiger partial charge in [0.2, 0.25) is 0 Å². The molecule has 4 nitrogen and oxygen atoms in total. The first kappa shape index (κ1) is 15.7. The Morgan fingerprint density at radius 3 is 2.52 bits per heavy atom. The number of carbonyl (C=O) groups is 2. The van der Waals surface area contributed by atoms with Crippen molar-refractivity contribution in [2.24, 2.45) is 0 Å². The number of halogens is 1. The van der Waals surface area contributed by atoms with Gasteiger partial charge < -0.3 is 9.64 Å². The fourth-order valence-electron chi connectivity index (χ4n) is 2.63. The lowest BCUT2D eigenvalue weighted by atomic mass is 10.00. The highest BCUT2D eigenvalue weighted by Gasteiger charge is 2.21. The number of carbonyl (C=O) groups excluding carboxylic acids is 2. The molecule has 0 fully saturated rings. The second kappa shape index (κ2) is 6.96. The molecule has 1 aliphatic heterocycles. The van der Waals surface area contributed by atoms with Gasteiger partial charge in [0.05, 0.1) is 5.56 Å². The lowest BCUT2D eigenvalue weighted by molar-refractivity contribution is -0.135. The molecule has 3 rings (SSSR count). The van der Waals surface area contributed by atoms with E-state index in [0.29, 0.717) is 23.1 Å². The smallest absolute Gasteiger partial charge is 0.339 e. The summed E-state index contributed by atoms with van der Waals surface area (Å²) < 4.78 is 5.81. The summed E-state index contributed by atoms with van der Waals surface area (Å²) in [6.45, 7) is 0.992. The number of hydrogen-bond acceptors (Lipinski definition) is 3. The van der Waals surface area contributed by atoms with Crippen LogP contribution in [0, 0.1) is 0 Å². The minimum atomic E-state index is -0.497. The Labute approximate surface area is 143 Å². The van der Waals surface area contributed by atoms with Crippen molar-refractivity contribution < 1.29 is 14.3 Å². The molecule has 0 bridgehead atoms. The molecular weight excluding hydrogens is 358 g/mol. The number of fused-ring (bicyclic) bond motifs is 1. The highest BCUT2D eigenvalue weighted by Crippen LogP contribution is 2.19. The zero-order valence-electron chi connectivity index (χ0n) is 12.5. The molecule has 0 atom stereocenters. The molecule has 2 aromatic carbocycles. The van der Waals surface area contributed by atoms with E-state index >= 15 is 0 Å². The minimum absolute atomic E-state index is 0.167. The molecule has 0 unspecified atom stereocenters. The molecule has 0 saturated carbocycles. The Bertz CT molecular complexity index is 745. The van der Waals surface area contributed by atoms with Gasteiger partial charge in [-0.2, -0.15) is 0 Å². The molecule has 23 heavy (non-hydrogen) atoms. The average molecular weight is 374 g/mol. The van der Waals surface area contributed by atoms with Crippen molar-refractivity contribution in [3.05, 3.63) is 69.7 Å². The normalized spacial score (nSPS) is 13.3. The maximum atomic E-state index is 12.3. The quantitative estimate of drug-likeness (QED) is 0.776. The minimum Gasteiger partial charge on any atom is -0.452 e. The van der Waals surface area contributed by atoms with E-state index in [1.165, 1.54) is 5.56 Å². The number of amides is 1.